The van der Waals surface area contributed by atoms with Gasteiger partial charge in [-0.3, -0.25) is 14.5 Å². The van der Waals surface area contributed by atoms with E-state index in [0.717, 1.165) is 68.4 Å². The molecule has 3 aromatic carbocycles. The number of aromatic hydroxyl groups is 1. The molecule has 11 heteroatoms. The van der Waals surface area contributed by atoms with Gasteiger partial charge in [-0.25, -0.2) is 4.79 Å². The number of aliphatic hydroxyl groups is 1. The van der Waals surface area contributed by atoms with Crippen molar-refractivity contribution in [1.82, 2.24) is 20.5 Å². The molecule has 3 fully saturated rings. The normalized spacial score (nSPS) is 22.5. The van der Waals surface area contributed by atoms with Gasteiger partial charge in [-0.1, -0.05) is 30.3 Å². The Morgan fingerprint density at radius 3 is 2.67 bits per heavy atom. The first-order chi connectivity index (χ1) is 25.2. The number of benzene rings is 3. The summed E-state index contributed by atoms with van der Waals surface area (Å²) in [7, 11) is 0. The van der Waals surface area contributed by atoms with Gasteiger partial charge in [0, 0.05) is 30.1 Å². The molecule has 5 N–H and O–H groups in total. The Morgan fingerprint density at radius 2 is 1.87 bits per heavy atom. The van der Waals surface area contributed by atoms with Crippen molar-refractivity contribution in [2.75, 3.05) is 39.3 Å². The van der Waals surface area contributed by atoms with Gasteiger partial charge in [0.25, 0.3) is 5.91 Å². The molecule has 0 saturated carbocycles. The second kappa shape index (κ2) is 15.5. The Labute approximate surface area is 303 Å². The van der Waals surface area contributed by atoms with Crippen LogP contribution in [0.2, 0.25) is 0 Å². The molecule has 8 rings (SSSR count). The number of phenols is 1. The van der Waals surface area contributed by atoms with E-state index >= 15 is 0 Å². The van der Waals surface area contributed by atoms with Gasteiger partial charge >= 0.3 is 5.97 Å². The predicted molar refractivity (Wildman–Crippen MR) is 198 cm³/mol. The van der Waals surface area contributed by atoms with Crippen molar-refractivity contribution in [2.45, 2.75) is 69.6 Å². The summed E-state index contributed by atoms with van der Waals surface area (Å²) in [6, 6.07) is 19.1. The standard InChI is InChI=1S/C41H48N4O7/c1-26-7-5-10-33-30(26)15-18-41(33,40(50)52-36-25-45-20-16-27(36)17-21-45)44-39(49)28-8-6-9-29(23-28)51-22-4-2-3-19-42-24-35(47)31-11-13-34(46)38-32(31)12-14-37(48)43-38/h5-14,23,27,35-36,42,46-47H,2-4,15-22,24-25H2,1H3,(H,43,48)(H,44,49)/t35?,36-,41?/m0/s1. The minimum atomic E-state index is -1.25. The van der Waals surface area contributed by atoms with E-state index < -0.39 is 11.6 Å². The monoisotopic (exact) mass is 708 g/mol. The number of carbonyl (C=O) groups is 2. The number of H-pyrrole nitrogens is 1. The Morgan fingerprint density at radius 1 is 1.04 bits per heavy atom. The lowest BCUT2D eigenvalue weighted by molar-refractivity contribution is -0.167. The number of aliphatic hydroxyl groups excluding tert-OH is 1. The number of rotatable bonds is 14. The van der Waals surface area contributed by atoms with Crippen molar-refractivity contribution in [2.24, 2.45) is 5.92 Å². The molecule has 3 aliphatic heterocycles. The lowest BCUT2D eigenvalue weighted by atomic mass is 9.85. The summed E-state index contributed by atoms with van der Waals surface area (Å²) in [6.45, 7) is 6.41. The van der Waals surface area contributed by atoms with Crippen LogP contribution in [0.25, 0.3) is 10.9 Å². The van der Waals surface area contributed by atoms with Crippen molar-refractivity contribution in [3.8, 4) is 11.5 Å². The predicted octanol–water partition coefficient (Wildman–Crippen LogP) is 4.62. The van der Waals surface area contributed by atoms with E-state index in [-0.39, 0.29) is 29.3 Å². The number of unbranched alkanes of at least 4 members (excludes halogenated alkanes) is 2. The Bertz CT molecular complexity index is 1990. The summed E-state index contributed by atoms with van der Waals surface area (Å²) in [5.74, 6) is 0.206. The third-order valence-electron chi connectivity index (χ3n) is 11.1. The molecular formula is C41H48N4O7. The van der Waals surface area contributed by atoms with Crippen LogP contribution >= 0.6 is 0 Å². The number of hydrogen-bond donors (Lipinski definition) is 5. The molecule has 2 bridgehead atoms. The zero-order valence-corrected chi connectivity index (χ0v) is 29.7. The van der Waals surface area contributed by atoms with Crippen molar-refractivity contribution < 1.29 is 29.3 Å². The Balaban J connectivity index is 0.901. The topological polar surface area (TPSA) is 153 Å². The van der Waals surface area contributed by atoms with E-state index in [1.165, 1.54) is 12.1 Å². The number of ether oxygens (including phenoxy) is 2. The van der Waals surface area contributed by atoms with Gasteiger partial charge in [-0.2, -0.15) is 0 Å². The fourth-order valence-corrected chi connectivity index (χ4v) is 8.17. The van der Waals surface area contributed by atoms with Crippen LogP contribution in [0.5, 0.6) is 11.5 Å². The van der Waals surface area contributed by atoms with Gasteiger partial charge in [-0.15, -0.1) is 0 Å². The molecule has 3 atom stereocenters. The Kier molecular flexibility index (Phi) is 10.6. The third-order valence-corrected chi connectivity index (χ3v) is 11.1. The number of nitrogens with one attached hydrogen (secondary N) is 3. The molecule has 1 aromatic heterocycles. The molecule has 2 unspecified atom stereocenters. The summed E-state index contributed by atoms with van der Waals surface area (Å²) >= 11 is 0. The number of aryl methyl sites for hydroxylation is 1. The average molecular weight is 709 g/mol. The lowest BCUT2D eigenvalue weighted by Crippen LogP contribution is -2.56. The van der Waals surface area contributed by atoms with Crippen molar-refractivity contribution in [3.05, 3.63) is 105 Å². The first-order valence-electron chi connectivity index (χ1n) is 18.5. The fraction of sp³-hybridized carbons (Fsp3) is 0.439. The molecule has 4 aromatic rings. The van der Waals surface area contributed by atoms with Crippen LogP contribution in [0.4, 0.5) is 0 Å². The van der Waals surface area contributed by atoms with E-state index in [1.807, 2.05) is 31.2 Å². The van der Waals surface area contributed by atoms with Crippen molar-refractivity contribution >= 4 is 22.8 Å². The number of phenolic OH excluding ortho intramolecular Hbond substituents is 1. The number of nitrogens with zero attached hydrogens (tertiary/aromatic N) is 1. The highest BCUT2D eigenvalue weighted by molar-refractivity contribution is 5.99. The highest BCUT2D eigenvalue weighted by Gasteiger charge is 2.50. The number of amides is 1. The quantitative estimate of drug-likeness (QED) is 0.0933. The smallest absolute Gasteiger partial charge is 0.336 e. The molecule has 11 nitrogen and oxygen atoms in total. The summed E-state index contributed by atoms with van der Waals surface area (Å²) in [6.07, 6.45) is 4.83. The highest BCUT2D eigenvalue weighted by atomic mass is 16.5. The van der Waals surface area contributed by atoms with Crippen LogP contribution in [-0.2, 0) is 21.5 Å². The SMILES string of the molecule is Cc1cccc2c1CCC2(NC(=O)c1cccc(OCCCCCNCC(O)c2ccc(O)c3[nH]c(=O)ccc23)c1)C(=O)O[C@H]1CN2CCC1CC2. The van der Waals surface area contributed by atoms with Crippen molar-refractivity contribution in [1.29, 1.82) is 0 Å². The zero-order chi connectivity index (χ0) is 36.2. The Hall–Kier alpha value is -4.71. The van der Waals surface area contributed by atoms with Gasteiger partial charge < -0.3 is 35.3 Å². The van der Waals surface area contributed by atoms with Gasteiger partial charge in [0.15, 0.2) is 5.54 Å². The van der Waals surface area contributed by atoms with Crippen LogP contribution in [0.15, 0.2) is 71.5 Å². The minimum absolute atomic E-state index is 0.0378. The van der Waals surface area contributed by atoms with E-state index in [1.54, 1.807) is 30.3 Å². The number of carbonyl (C=O) groups excluding carboxylic acids is 2. The summed E-state index contributed by atoms with van der Waals surface area (Å²) in [4.78, 5) is 44.7. The second-order valence-corrected chi connectivity index (χ2v) is 14.5. The van der Waals surface area contributed by atoms with E-state index in [4.69, 9.17) is 9.47 Å². The molecule has 1 aliphatic carbocycles. The van der Waals surface area contributed by atoms with Crippen LogP contribution < -0.4 is 20.9 Å². The molecule has 0 spiro atoms. The largest absolute Gasteiger partial charge is 0.506 e. The van der Waals surface area contributed by atoms with Gasteiger partial charge in [0.2, 0.25) is 5.56 Å². The number of aromatic nitrogens is 1. The maximum atomic E-state index is 14.1. The van der Waals surface area contributed by atoms with E-state index in [2.05, 4.69) is 20.5 Å². The van der Waals surface area contributed by atoms with E-state index in [0.29, 0.717) is 66.2 Å². The van der Waals surface area contributed by atoms with Gasteiger partial charge in [0.05, 0.1) is 18.2 Å². The number of pyridine rings is 1. The molecule has 274 valence electrons. The number of hydrogen-bond acceptors (Lipinski definition) is 9. The van der Waals surface area contributed by atoms with Crippen molar-refractivity contribution in [3.63, 3.8) is 0 Å². The minimum Gasteiger partial charge on any atom is -0.506 e. The van der Waals surface area contributed by atoms with Crippen LogP contribution in [-0.4, -0.2) is 77.4 Å². The third kappa shape index (κ3) is 7.44. The number of aromatic amines is 1. The van der Waals surface area contributed by atoms with Gasteiger partial charge in [-0.05, 0) is 130 Å². The summed E-state index contributed by atoms with van der Waals surface area (Å²) < 4.78 is 12.3. The first kappa shape index (κ1) is 35.7. The van der Waals surface area contributed by atoms with Crippen LogP contribution in [0.3, 0.4) is 0 Å². The van der Waals surface area contributed by atoms with Crippen LogP contribution in [0.1, 0.15) is 77.2 Å². The number of esters is 1. The van der Waals surface area contributed by atoms with Crippen LogP contribution in [0, 0.1) is 12.8 Å². The summed E-state index contributed by atoms with van der Waals surface area (Å²) in [5, 5.41) is 27.9. The average Bonchev–Trinajstić information content (AvgIpc) is 3.54. The molecule has 4 heterocycles. The highest BCUT2D eigenvalue weighted by Crippen LogP contribution is 2.41. The first-order valence-corrected chi connectivity index (χ1v) is 18.5. The maximum Gasteiger partial charge on any atom is 0.336 e. The molecule has 52 heavy (non-hydrogen) atoms. The number of piperidine rings is 3. The second-order valence-electron chi connectivity index (χ2n) is 14.5. The fourth-order valence-electron chi connectivity index (χ4n) is 8.17. The molecule has 3 saturated heterocycles. The number of fused-ring (bicyclic) bond motifs is 5. The van der Waals surface area contributed by atoms with E-state index in [9.17, 15) is 24.6 Å². The molecule has 0 radical (unpaired) electrons. The zero-order valence-electron chi connectivity index (χ0n) is 29.7. The lowest BCUT2D eigenvalue weighted by Gasteiger charge is -2.45. The van der Waals surface area contributed by atoms with Gasteiger partial charge in [0.1, 0.15) is 17.6 Å². The summed E-state index contributed by atoms with van der Waals surface area (Å²) in [5.41, 5.74) is 2.83. The molecular weight excluding hydrogens is 660 g/mol. The molecule has 4 aliphatic rings. The maximum absolute atomic E-state index is 14.1. The molecule has 1 amide bonds.